The molecule has 0 aromatic carbocycles. The smallest absolute Gasteiger partial charge is 0.0844 e. The maximum absolute atomic E-state index is 2.34. The summed E-state index contributed by atoms with van der Waals surface area (Å²) in [7, 11) is 2.30. The van der Waals surface area contributed by atoms with Crippen molar-refractivity contribution in [3.63, 3.8) is 0 Å². The van der Waals surface area contributed by atoms with Gasteiger partial charge in [-0.05, 0) is 26.2 Å². The van der Waals surface area contributed by atoms with Crippen LogP contribution in [0.15, 0.2) is 0 Å². The zero-order valence-electron chi connectivity index (χ0n) is 5.91. The lowest BCUT2D eigenvalue weighted by atomic mass is 10.1. The molecule has 0 aromatic heterocycles. The summed E-state index contributed by atoms with van der Waals surface area (Å²) >= 11 is 0. The van der Waals surface area contributed by atoms with Gasteiger partial charge in [0.25, 0.3) is 0 Å². The summed E-state index contributed by atoms with van der Waals surface area (Å²) in [4.78, 5) is 1.72. The van der Waals surface area contributed by atoms with Gasteiger partial charge in [-0.1, -0.05) is 0 Å². The Kier molecular flexibility index (Phi) is 1.90. The average Bonchev–Trinajstić information content (AvgIpc) is 1.77. The van der Waals surface area contributed by atoms with E-state index in [1.165, 1.54) is 25.8 Å². The van der Waals surface area contributed by atoms with Crippen LogP contribution in [0.3, 0.4) is 0 Å². The molecule has 0 bridgehead atoms. The Hall–Kier alpha value is -0.0400. The maximum atomic E-state index is 2.34. The lowest BCUT2D eigenvalue weighted by molar-refractivity contribution is -0.909. The summed E-state index contributed by atoms with van der Waals surface area (Å²) in [5.41, 5.74) is 0. The van der Waals surface area contributed by atoms with Crippen LogP contribution in [0.2, 0.25) is 0 Å². The third-order valence-electron chi connectivity index (χ3n) is 2.30. The number of quaternary nitrogens is 1. The molecule has 1 fully saturated rings. The highest BCUT2D eigenvalue weighted by molar-refractivity contribution is 4.53. The zero-order chi connectivity index (χ0) is 5.98. The number of nitrogens with one attached hydrogen (secondary N) is 1. The second-order valence-corrected chi connectivity index (χ2v) is 2.99. The van der Waals surface area contributed by atoms with Gasteiger partial charge in [0.1, 0.15) is 0 Å². The molecule has 1 heteroatoms. The quantitative estimate of drug-likeness (QED) is 0.454. The minimum atomic E-state index is 0.920. The fraction of sp³-hybridized carbons (Fsp3) is 1.00. The lowest BCUT2D eigenvalue weighted by Crippen LogP contribution is -3.13. The summed E-state index contributed by atoms with van der Waals surface area (Å²) < 4.78 is 0. The summed E-state index contributed by atoms with van der Waals surface area (Å²) in [5.74, 6) is 0. The second-order valence-electron chi connectivity index (χ2n) is 2.99. The monoisotopic (exact) mass is 114 g/mol. The van der Waals surface area contributed by atoms with Gasteiger partial charge in [-0.25, -0.2) is 0 Å². The first kappa shape index (κ1) is 6.09. The molecule has 1 unspecified atom stereocenters. The number of likely N-dealkylation sites (tertiary alicyclic amines) is 1. The molecular weight excluding hydrogens is 98.1 g/mol. The zero-order valence-corrected chi connectivity index (χ0v) is 5.91. The summed E-state index contributed by atoms with van der Waals surface area (Å²) in [6.07, 6.45) is 4.33. The summed E-state index contributed by atoms with van der Waals surface area (Å²) in [6, 6.07) is 0.920. The second kappa shape index (κ2) is 2.49. The minimum Gasteiger partial charge on any atom is -0.335 e. The van der Waals surface area contributed by atoms with E-state index in [0.29, 0.717) is 0 Å². The minimum absolute atomic E-state index is 0.920. The van der Waals surface area contributed by atoms with E-state index in [4.69, 9.17) is 0 Å². The molecule has 2 atom stereocenters. The van der Waals surface area contributed by atoms with E-state index in [0.717, 1.165) is 6.04 Å². The van der Waals surface area contributed by atoms with Gasteiger partial charge in [-0.2, -0.15) is 0 Å². The number of piperidine rings is 1. The molecule has 0 spiro atoms. The van der Waals surface area contributed by atoms with E-state index >= 15 is 0 Å². The molecule has 0 saturated carbocycles. The van der Waals surface area contributed by atoms with Crippen molar-refractivity contribution in [2.45, 2.75) is 32.2 Å². The van der Waals surface area contributed by atoms with Gasteiger partial charge in [0.2, 0.25) is 0 Å². The van der Waals surface area contributed by atoms with Crippen molar-refractivity contribution >= 4 is 0 Å². The largest absolute Gasteiger partial charge is 0.335 e. The van der Waals surface area contributed by atoms with E-state index < -0.39 is 0 Å². The molecule has 1 saturated heterocycles. The third-order valence-corrected chi connectivity index (χ3v) is 2.30. The van der Waals surface area contributed by atoms with Gasteiger partial charge in [0.05, 0.1) is 19.6 Å². The molecule has 0 aromatic rings. The Labute approximate surface area is 51.7 Å². The third kappa shape index (κ3) is 1.22. The van der Waals surface area contributed by atoms with Gasteiger partial charge >= 0.3 is 0 Å². The maximum Gasteiger partial charge on any atom is 0.0844 e. The van der Waals surface area contributed by atoms with Crippen LogP contribution in [-0.2, 0) is 0 Å². The van der Waals surface area contributed by atoms with Crippen LogP contribution in [-0.4, -0.2) is 19.6 Å². The van der Waals surface area contributed by atoms with Crippen LogP contribution in [0.4, 0.5) is 0 Å². The molecule has 1 rings (SSSR count). The van der Waals surface area contributed by atoms with Crippen molar-refractivity contribution < 1.29 is 4.90 Å². The van der Waals surface area contributed by atoms with Crippen LogP contribution < -0.4 is 4.90 Å². The number of rotatable bonds is 0. The lowest BCUT2D eigenvalue weighted by Gasteiger charge is -2.25. The van der Waals surface area contributed by atoms with Gasteiger partial charge in [-0.15, -0.1) is 0 Å². The van der Waals surface area contributed by atoms with E-state index in [-0.39, 0.29) is 0 Å². The predicted molar refractivity (Wildman–Crippen MR) is 35.1 cm³/mol. The molecule has 0 amide bonds. The number of hydrogen-bond acceptors (Lipinski definition) is 0. The van der Waals surface area contributed by atoms with E-state index in [9.17, 15) is 0 Å². The van der Waals surface area contributed by atoms with Crippen molar-refractivity contribution in [3.8, 4) is 0 Å². The van der Waals surface area contributed by atoms with Gasteiger partial charge in [0, 0.05) is 0 Å². The SMILES string of the molecule is C[C@H]1CCCC[NH+]1C. The normalized spacial score (nSPS) is 39.8. The highest BCUT2D eigenvalue weighted by Gasteiger charge is 2.16. The number of hydrogen-bond donors (Lipinski definition) is 1. The molecule has 1 heterocycles. The van der Waals surface area contributed by atoms with Gasteiger partial charge in [0.15, 0.2) is 0 Å². The molecule has 0 radical (unpaired) electrons. The van der Waals surface area contributed by atoms with Crippen molar-refractivity contribution in [2.24, 2.45) is 0 Å². The Bertz CT molecular complexity index is 60.8. The molecule has 1 aliphatic heterocycles. The van der Waals surface area contributed by atoms with E-state index in [2.05, 4.69) is 14.0 Å². The van der Waals surface area contributed by atoms with Gasteiger partial charge in [-0.3, -0.25) is 0 Å². The summed E-state index contributed by atoms with van der Waals surface area (Å²) in [6.45, 7) is 3.73. The topological polar surface area (TPSA) is 4.44 Å². The molecule has 1 N–H and O–H groups in total. The average molecular weight is 114 g/mol. The van der Waals surface area contributed by atoms with Crippen LogP contribution in [0.1, 0.15) is 26.2 Å². The van der Waals surface area contributed by atoms with E-state index in [1.807, 2.05) is 0 Å². The predicted octanol–water partition coefficient (Wildman–Crippen LogP) is 0.0735. The molecule has 0 aliphatic carbocycles. The van der Waals surface area contributed by atoms with Crippen molar-refractivity contribution in [1.29, 1.82) is 0 Å². The van der Waals surface area contributed by atoms with E-state index in [1.54, 1.807) is 4.90 Å². The highest BCUT2D eigenvalue weighted by atomic mass is 15.1. The Morgan fingerprint density at radius 1 is 1.38 bits per heavy atom. The molecule has 1 aliphatic rings. The van der Waals surface area contributed by atoms with Crippen molar-refractivity contribution in [1.82, 2.24) is 0 Å². The summed E-state index contributed by atoms with van der Waals surface area (Å²) in [5, 5.41) is 0. The molecule has 1 nitrogen and oxygen atoms in total. The van der Waals surface area contributed by atoms with Crippen LogP contribution in [0.25, 0.3) is 0 Å². The first-order chi connectivity index (χ1) is 3.80. The van der Waals surface area contributed by atoms with Gasteiger partial charge < -0.3 is 4.90 Å². The standard InChI is InChI=1S/C7H15N/c1-7-5-3-4-6-8(7)2/h7H,3-6H2,1-2H3/p+1/t7-/m0/s1. The Morgan fingerprint density at radius 2 is 2.12 bits per heavy atom. The molecule has 48 valence electrons. The first-order valence-electron chi connectivity index (χ1n) is 3.63. The van der Waals surface area contributed by atoms with Crippen molar-refractivity contribution in [3.05, 3.63) is 0 Å². The van der Waals surface area contributed by atoms with Crippen LogP contribution in [0.5, 0.6) is 0 Å². The molecular formula is C7H16N+. The Morgan fingerprint density at radius 3 is 2.50 bits per heavy atom. The van der Waals surface area contributed by atoms with Crippen molar-refractivity contribution in [2.75, 3.05) is 13.6 Å². The Balaban J connectivity index is 2.28. The first-order valence-corrected chi connectivity index (χ1v) is 3.63. The van der Waals surface area contributed by atoms with Crippen LogP contribution in [0, 0.1) is 0 Å². The van der Waals surface area contributed by atoms with Crippen LogP contribution >= 0.6 is 0 Å². The molecule has 8 heavy (non-hydrogen) atoms. The fourth-order valence-corrected chi connectivity index (χ4v) is 1.35. The fourth-order valence-electron chi connectivity index (χ4n) is 1.35. The highest BCUT2D eigenvalue weighted by Crippen LogP contribution is 2.00.